The number of hydrogen-bond donors (Lipinski definition) is 1. The van der Waals surface area contributed by atoms with E-state index in [9.17, 15) is 0 Å². The van der Waals surface area contributed by atoms with Crippen LogP contribution in [0.4, 0.5) is 0 Å². The first-order chi connectivity index (χ1) is 9.65. The lowest BCUT2D eigenvalue weighted by Crippen LogP contribution is -2.22. The average Bonchev–Trinajstić information content (AvgIpc) is 2.85. The average molecular weight is 295 g/mol. The molecule has 0 bridgehead atoms. The van der Waals surface area contributed by atoms with Crippen molar-refractivity contribution in [1.82, 2.24) is 5.32 Å². The topological polar surface area (TPSA) is 30.5 Å². The van der Waals surface area contributed by atoms with E-state index >= 15 is 0 Å². The summed E-state index contributed by atoms with van der Waals surface area (Å²) in [6.45, 7) is 5.19. The van der Waals surface area contributed by atoms with Crippen molar-refractivity contribution in [3.8, 4) is 5.75 Å². The molecule has 1 aromatic carbocycles. The Bertz CT molecular complexity index is 438. The molecule has 1 heterocycles. The molecule has 1 aliphatic rings. The highest BCUT2D eigenvalue weighted by molar-refractivity contribution is 8.00. The molecular weight excluding hydrogens is 270 g/mol. The predicted octanol–water partition coefficient (Wildman–Crippen LogP) is 3.17. The van der Waals surface area contributed by atoms with Crippen molar-refractivity contribution in [2.45, 2.75) is 37.7 Å². The van der Waals surface area contributed by atoms with Crippen molar-refractivity contribution < 1.29 is 9.47 Å². The highest BCUT2D eigenvalue weighted by Crippen LogP contribution is 2.33. The Morgan fingerprint density at radius 3 is 2.90 bits per heavy atom. The Balaban J connectivity index is 2.05. The minimum atomic E-state index is 0.308. The predicted molar refractivity (Wildman–Crippen MR) is 85.8 cm³/mol. The van der Waals surface area contributed by atoms with Gasteiger partial charge in [0.2, 0.25) is 0 Å². The summed E-state index contributed by atoms with van der Waals surface area (Å²) in [4.78, 5) is 0. The minimum Gasteiger partial charge on any atom is -0.496 e. The van der Waals surface area contributed by atoms with Gasteiger partial charge in [-0.15, -0.1) is 0 Å². The lowest BCUT2D eigenvalue weighted by atomic mass is 10.0. The third-order valence-corrected chi connectivity index (χ3v) is 5.47. The van der Waals surface area contributed by atoms with Crippen LogP contribution in [0.2, 0.25) is 0 Å². The highest BCUT2D eigenvalue weighted by atomic mass is 32.2. The molecule has 3 unspecified atom stereocenters. The minimum absolute atomic E-state index is 0.308. The molecule has 2 rings (SSSR count). The van der Waals surface area contributed by atoms with Crippen LogP contribution in [0.5, 0.6) is 5.75 Å². The van der Waals surface area contributed by atoms with Gasteiger partial charge in [0, 0.05) is 29.2 Å². The third-order valence-electron chi connectivity index (χ3n) is 3.89. The molecule has 3 atom stereocenters. The van der Waals surface area contributed by atoms with Gasteiger partial charge in [0.05, 0.1) is 13.2 Å². The second kappa shape index (κ2) is 7.34. The van der Waals surface area contributed by atoms with Crippen LogP contribution in [0.3, 0.4) is 0 Å². The number of methoxy groups -OCH3 is 1. The Hall–Kier alpha value is -0.710. The zero-order valence-electron chi connectivity index (χ0n) is 12.8. The number of benzene rings is 1. The van der Waals surface area contributed by atoms with Gasteiger partial charge in [0.15, 0.2) is 0 Å². The van der Waals surface area contributed by atoms with E-state index in [0.29, 0.717) is 17.4 Å². The molecule has 112 valence electrons. The first-order valence-corrected chi connectivity index (χ1v) is 8.25. The van der Waals surface area contributed by atoms with Crippen molar-refractivity contribution in [3.63, 3.8) is 0 Å². The van der Waals surface area contributed by atoms with Crippen molar-refractivity contribution >= 4 is 11.8 Å². The number of rotatable bonds is 6. The summed E-state index contributed by atoms with van der Waals surface area (Å²) >= 11 is 2.00. The molecule has 0 aliphatic carbocycles. The van der Waals surface area contributed by atoms with Crippen molar-refractivity contribution in [1.29, 1.82) is 0 Å². The van der Waals surface area contributed by atoms with E-state index in [1.807, 2.05) is 18.8 Å². The fourth-order valence-electron chi connectivity index (χ4n) is 2.61. The lowest BCUT2D eigenvalue weighted by Gasteiger charge is -2.22. The fourth-order valence-corrected chi connectivity index (χ4v) is 4.00. The van der Waals surface area contributed by atoms with Crippen LogP contribution >= 0.6 is 11.8 Å². The van der Waals surface area contributed by atoms with Crippen LogP contribution in [0, 0.1) is 6.92 Å². The van der Waals surface area contributed by atoms with Crippen LogP contribution in [0.25, 0.3) is 0 Å². The smallest absolute Gasteiger partial charge is 0.123 e. The van der Waals surface area contributed by atoms with Gasteiger partial charge in [-0.3, -0.25) is 0 Å². The number of ether oxygens (including phenoxy) is 2. The Kier molecular flexibility index (Phi) is 5.75. The second-order valence-electron chi connectivity index (χ2n) is 5.32. The Labute approximate surface area is 126 Å². The molecule has 20 heavy (non-hydrogen) atoms. The zero-order chi connectivity index (χ0) is 14.5. The monoisotopic (exact) mass is 295 g/mol. The van der Waals surface area contributed by atoms with Crippen LogP contribution in [-0.4, -0.2) is 37.9 Å². The largest absolute Gasteiger partial charge is 0.496 e. The summed E-state index contributed by atoms with van der Waals surface area (Å²) in [7, 11) is 3.75. The molecule has 0 aromatic heterocycles. The first-order valence-electron chi connectivity index (χ1n) is 7.20. The van der Waals surface area contributed by atoms with Crippen LogP contribution in [-0.2, 0) is 4.74 Å². The summed E-state index contributed by atoms with van der Waals surface area (Å²) in [5.74, 6) is 2.00. The molecule has 1 N–H and O–H groups in total. The van der Waals surface area contributed by atoms with Gasteiger partial charge in [0.25, 0.3) is 0 Å². The maximum Gasteiger partial charge on any atom is 0.123 e. The highest BCUT2D eigenvalue weighted by Gasteiger charge is 2.26. The Morgan fingerprint density at radius 2 is 2.30 bits per heavy atom. The number of hydrogen-bond acceptors (Lipinski definition) is 4. The van der Waals surface area contributed by atoms with Gasteiger partial charge in [-0.1, -0.05) is 17.7 Å². The molecule has 1 aromatic rings. The van der Waals surface area contributed by atoms with Crippen molar-refractivity contribution in [2.75, 3.05) is 26.5 Å². The SMILES string of the molecule is CNC(CSC1CCOC1C)c1cc(C)ccc1OC. The third kappa shape index (κ3) is 3.68. The quantitative estimate of drug-likeness (QED) is 0.873. The van der Waals surface area contributed by atoms with E-state index in [2.05, 4.69) is 37.4 Å². The maximum absolute atomic E-state index is 5.64. The van der Waals surface area contributed by atoms with Crippen LogP contribution in [0.15, 0.2) is 18.2 Å². The summed E-state index contributed by atoms with van der Waals surface area (Å²) < 4.78 is 11.1. The normalized spacial score (nSPS) is 23.8. The van der Waals surface area contributed by atoms with Crippen molar-refractivity contribution in [3.05, 3.63) is 29.3 Å². The van der Waals surface area contributed by atoms with Crippen molar-refractivity contribution in [2.24, 2.45) is 0 Å². The van der Waals surface area contributed by atoms with Crippen LogP contribution in [0.1, 0.15) is 30.5 Å². The molecule has 0 spiro atoms. The molecular formula is C16H25NO2S. The van der Waals surface area contributed by atoms with E-state index in [1.54, 1.807) is 7.11 Å². The number of thioether (sulfide) groups is 1. The fraction of sp³-hybridized carbons (Fsp3) is 0.625. The summed E-state index contributed by atoms with van der Waals surface area (Å²) in [5.41, 5.74) is 2.51. The molecule has 1 fully saturated rings. The lowest BCUT2D eigenvalue weighted by molar-refractivity contribution is 0.127. The molecule has 0 saturated carbocycles. The molecule has 3 nitrogen and oxygen atoms in total. The maximum atomic E-state index is 5.64. The Morgan fingerprint density at radius 1 is 1.50 bits per heavy atom. The summed E-state index contributed by atoms with van der Waals surface area (Å²) in [6.07, 6.45) is 1.53. The van der Waals surface area contributed by atoms with Gasteiger partial charge >= 0.3 is 0 Å². The van der Waals surface area contributed by atoms with E-state index in [-0.39, 0.29) is 0 Å². The number of aryl methyl sites for hydroxylation is 1. The molecule has 1 saturated heterocycles. The van der Waals surface area contributed by atoms with E-state index in [4.69, 9.17) is 9.47 Å². The van der Waals surface area contributed by atoms with E-state index in [1.165, 1.54) is 11.1 Å². The number of nitrogens with one attached hydrogen (secondary N) is 1. The van der Waals surface area contributed by atoms with Gasteiger partial charge in [0.1, 0.15) is 5.75 Å². The molecule has 1 aliphatic heterocycles. The van der Waals surface area contributed by atoms with Crippen LogP contribution < -0.4 is 10.1 Å². The summed E-state index contributed by atoms with van der Waals surface area (Å²) in [6, 6.07) is 6.67. The van der Waals surface area contributed by atoms with Gasteiger partial charge < -0.3 is 14.8 Å². The molecule has 0 radical (unpaired) electrons. The second-order valence-corrected chi connectivity index (χ2v) is 6.60. The molecule has 4 heteroatoms. The van der Waals surface area contributed by atoms with E-state index in [0.717, 1.165) is 24.5 Å². The molecule has 0 amide bonds. The summed E-state index contributed by atoms with van der Waals surface area (Å²) in [5, 5.41) is 4.03. The zero-order valence-corrected chi connectivity index (χ0v) is 13.6. The van der Waals surface area contributed by atoms with Gasteiger partial charge in [-0.25, -0.2) is 0 Å². The van der Waals surface area contributed by atoms with E-state index < -0.39 is 0 Å². The van der Waals surface area contributed by atoms with Gasteiger partial charge in [-0.05, 0) is 33.4 Å². The van der Waals surface area contributed by atoms with Gasteiger partial charge in [-0.2, -0.15) is 11.8 Å². The standard InChI is InChI=1S/C16H25NO2S/c1-11-5-6-15(18-4)13(9-11)14(17-3)10-20-16-7-8-19-12(16)2/h5-6,9,12,14,16-17H,7-8,10H2,1-4H3. The first kappa shape index (κ1) is 15.7.